The first kappa shape index (κ1) is 16.5. The zero-order valence-corrected chi connectivity index (χ0v) is 13.8. The summed E-state index contributed by atoms with van der Waals surface area (Å²) in [5.41, 5.74) is 8.51. The molecule has 0 saturated carbocycles. The van der Waals surface area contributed by atoms with Crippen molar-refractivity contribution >= 4 is 21.6 Å². The molecule has 2 aromatic rings. The van der Waals surface area contributed by atoms with Crippen molar-refractivity contribution in [1.29, 1.82) is 0 Å². The number of nitrogens with one attached hydrogen (secondary N) is 1. The second kappa shape index (κ2) is 6.62. The summed E-state index contributed by atoms with van der Waals surface area (Å²) in [6.45, 7) is 1.24. The molecule has 0 aliphatic carbocycles. The van der Waals surface area contributed by atoms with Crippen LogP contribution in [0.15, 0.2) is 47.4 Å². The third kappa shape index (κ3) is 3.74. The lowest BCUT2D eigenvalue weighted by atomic mass is 10.0. The number of rotatable bonds is 4. The molecule has 0 aromatic heterocycles. The molecule has 0 spiro atoms. The average Bonchev–Trinajstić information content (AvgIpc) is 2.54. The van der Waals surface area contributed by atoms with E-state index >= 15 is 0 Å². The van der Waals surface area contributed by atoms with E-state index in [1.165, 1.54) is 24.3 Å². The molecule has 0 atom stereocenters. The first-order valence-corrected chi connectivity index (χ1v) is 9.17. The van der Waals surface area contributed by atoms with Crippen LogP contribution in [-0.4, -0.2) is 21.1 Å². The number of hydrogen-bond donors (Lipinski definition) is 2. The van der Waals surface area contributed by atoms with E-state index in [9.17, 15) is 13.2 Å². The lowest BCUT2D eigenvalue weighted by molar-refractivity contribution is 0.110. The van der Waals surface area contributed by atoms with E-state index in [1.807, 2.05) is 18.2 Å². The molecule has 126 valence electrons. The van der Waals surface area contributed by atoms with Gasteiger partial charge < -0.3 is 15.8 Å². The SMILES string of the molecule is NC(=O)Nc1ccc(S(=O)(=O)Cc2ccc3c(c2)CCOC3)cc1. The zero-order valence-electron chi connectivity index (χ0n) is 13.0. The normalized spacial score (nSPS) is 14.0. The number of benzene rings is 2. The lowest BCUT2D eigenvalue weighted by Crippen LogP contribution is -2.19. The van der Waals surface area contributed by atoms with Gasteiger partial charge in [-0.2, -0.15) is 0 Å². The van der Waals surface area contributed by atoms with Gasteiger partial charge in [0.15, 0.2) is 9.84 Å². The molecule has 1 aliphatic heterocycles. The number of sulfone groups is 1. The molecule has 2 amide bonds. The summed E-state index contributed by atoms with van der Waals surface area (Å²) in [4.78, 5) is 11.0. The minimum absolute atomic E-state index is 0.0657. The van der Waals surface area contributed by atoms with Gasteiger partial charge in [-0.25, -0.2) is 13.2 Å². The quantitative estimate of drug-likeness (QED) is 0.887. The highest BCUT2D eigenvalue weighted by Crippen LogP contribution is 2.23. The van der Waals surface area contributed by atoms with E-state index < -0.39 is 15.9 Å². The van der Waals surface area contributed by atoms with Gasteiger partial charge in [0.05, 0.1) is 23.9 Å². The first-order valence-electron chi connectivity index (χ1n) is 7.52. The molecule has 0 unspecified atom stereocenters. The van der Waals surface area contributed by atoms with Gasteiger partial charge in [-0.1, -0.05) is 18.2 Å². The van der Waals surface area contributed by atoms with Gasteiger partial charge in [-0.3, -0.25) is 0 Å². The van der Waals surface area contributed by atoms with Crippen molar-refractivity contribution in [3.8, 4) is 0 Å². The average molecular weight is 346 g/mol. The predicted octanol–water partition coefficient (Wildman–Crippen LogP) is 2.22. The van der Waals surface area contributed by atoms with E-state index in [0.29, 0.717) is 18.9 Å². The Labute approximate surface area is 140 Å². The summed E-state index contributed by atoms with van der Waals surface area (Å²) in [6, 6.07) is 11.0. The number of nitrogens with two attached hydrogens (primary N) is 1. The largest absolute Gasteiger partial charge is 0.376 e. The molecule has 0 bridgehead atoms. The molecule has 1 heterocycles. The number of urea groups is 1. The Hall–Kier alpha value is -2.38. The molecule has 24 heavy (non-hydrogen) atoms. The van der Waals surface area contributed by atoms with Crippen LogP contribution >= 0.6 is 0 Å². The van der Waals surface area contributed by atoms with Gasteiger partial charge in [-0.05, 0) is 47.4 Å². The van der Waals surface area contributed by atoms with Gasteiger partial charge >= 0.3 is 6.03 Å². The van der Waals surface area contributed by atoms with Crippen LogP contribution in [0.25, 0.3) is 0 Å². The minimum Gasteiger partial charge on any atom is -0.376 e. The van der Waals surface area contributed by atoms with Crippen LogP contribution in [-0.2, 0) is 33.4 Å². The molecule has 6 nitrogen and oxygen atoms in total. The fourth-order valence-electron chi connectivity index (χ4n) is 2.70. The molecule has 2 aromatic carbocycles. The summed E-state index contributed by atoms with van der Waals surface area (Å²) in [6.07, 6.45) is 0.802. The number of fused-ring (bicyclic) bond motifs is 1. The summed E-state index contributed by atoms with van der Waals surface area (Å²) in [5, 5.41) is 2.40. The Morgan fingerprint density at radius 3 is 2.58 bits per heavy atom. The highest BCUT2D eigenvalue weighted by molar-refractivity contribution is 7.90. The van der Waals surface area contributed by atoms with E-state index in [4.69, 9.17) is 10.5 Å². The molecule has 3 rings (SSSR count). The van der Waals surface area contributed by atoms with E-state index in [1.54, 1.807) is 0 Å². The highest BCUT2D eigenvalue weighted by atomic mass is 32.2. The molecule has 0 saturated heterocycles. The van der Waals surface area contributed by atoms with Gasteiger partial charge in [0.1, 0.15) is 0 Å². The van der Waals surface area contributed by atoms with Crippen LogP contribution < -0.4 is 11.1 Å². The molecule has 0 radical (unpaired) electrons. The molecule has 3 N–H and O–H groups in total. The van der Waals surface area contributed by atoms with Gasteiger partial charge in [-0.15, -0.1) is 0 Å². The van der Waals surface area contributed by atoms with Crippen molar-refractivity contribution in [2.24, 2.45) is 5.73 Å². The van der Waals surface area contributed by atoms with Crippen molar-refractivity contribution in [1.82, 2.24) is 0 Å². The first-order chi connectivity index (χ1) is 11.4. The number of primary amides is 1. The predicted molar refractivity (Wildman–Crippen MR) is 90.3 cm³/mol. The summed E-state index contributed by atoms with van der Waals surface area (Å²) in [7, 11) is -3.46. The van der Waals surface area contributed by atoms with Gasteiger partial charge in [0.2, 0.25) is 0 Å². The van der Waals surface area contributed by atoms with Crippen LogP contribution in [0.5, 0.6) is 0 Å². The summed E-state index contributed by atoms with van der Waals surface area (Å²) >= 11 is 0. The van der Waals surface area contributed by atoms with Crippen molar-refractivity contribution in [3.05, 3.63) is 59.2 Å². The van der Waals surface area contributed by atoms with E-state index in [2.05, 4.69) is 5.32 Å². The number of ether oxygens (including phenoxy) is 1. The highest BCUT2D eigenvalue weighted by Gasteiger charge is 2.17. The van der Waals surface area contributed by atoms with Crippen LogP contribution in [0.2, 0.25) is 0 Å². The fourth-order valence-corrected chi connectivity index (χ4v) is 4.03. The number of carbonyl (C=O) groups is 1. The van der Waals surface area contributed by atoms with Crippen LogP contribution in [0.4, 0.5) is 10.5 Å². The number of anilines is 1. The second-order valence-corrected chi connectivity index (χ2v) is 7.67. The Morgan fingerprint density at radius 1 is 1.12 bits per heavy atom. The Kier molecular flexibility index (Phi) is 4.55. The van der Waals surface area contributed by atoms with Gasteiger partial charge in [0.25, 0.3) is 0 Å². The third-order valence-electron chi connectivity index (χ3n) is 3.88. The summed E-state index contributed by atoms with van der Waals surface area (Å²) < 4.78 is 30.5. The topological polar surface area (TPSA) is 98.5 Å². The summed E-state index contributed by atoms with van der Waals surface area (Å²) in [5.74, 6) is -0.0657. The number of amides is 2. The molecular formula is C17H18N2O4S. The molecule has 0 fully saturated rings. The monoisotopic (exact) mass is 346 g/mol. The Bertz CT molecular complexity index is 861. The van der Waals surface area contributed by atoms with Crippen LogP contribution in [0.3, 0.4) is 0 Å². The molecular weight excluding hydrogens is 328 g/mol. The lowest BCUT2D eigenvalue weighted by Gasteiger charge is -2.17. The minimum atomic E-state index is -3.46. The maximum Gasteiger partial charge on any atom is 0.316 e. The maximum absolute atomic E-state index is 12.6. The van der Waals surface area contributed by atoms with Crippen molar-refractivity contribution in [2.45, 2.75) is 23.7 Å². The standard InChI is InChI=1S/C17H18N2O4S/c18-17(20)19-15-3-5-16(6-4-15)24(21,22)11-12-1-2-14-10-23-8-7-13(14)9-12/h1-6,9H,7-8,10-11H2,(H3,18,19,20). The fraction of sp³-hybridized carbons (Fsp3) is 0.235. The van der Waals surface area contributed by atoms with Gasteiger partial charge in [0, 0.05) is 5.69 Å². The van der Waals surface area contributed by atoms with Crippen molar-refractivity contribution < 1.29 is 17.9 Å². The van der Waals surface area contributed by atoms with Crippen LogP contribution in [0, 0.1) is 0 Å². The number of carbonyl (C=O) groups excluding carboxylic acids is 1. The van der Waals surface area contributed by atoms with Crippen molar-refractivity contribution in [3.63, 3.8) is 0 Å². The van der Waals surface area contributed by atoms with Crippen LogP contribution in [0.1, 0.15) is 16.7 Å². The molecule has 1 aliphatic rings. The number of hydrogen-bond acceptors (Lipinski definition) is 4. The smallest absolute Gasteiger partial charge is 0.316 e. The second-order valence-electron chi connectivity index (χ2n) is 5.68. The molecule has 7 heteroatoms. The van der Waals surface area contributed by atoms with E-state index in [0.717, 1.165) is 23.1 Å². The van der Waals surface area contributed by atoms with E-state index in [-0.39, 0.29) is 10.6 Å². The maximum atomic E-state index is 12.6. The third-order valence-corrected chi connectivity index (χ3v) is 5.59. The Balaban J connectivity index is 1.79. The Morgan fingerprint density at radius 2 is 1.88 bits per heavy atom. The zero-order chi connectivity index (χ0) is 17.2. The van der Waals surface area contributed by atoms with Crippen molar-refractivity contribution in [2.75, 3.05) is 11.9 Å².